The van der Waals surface area contributed by atoms with Crippen LogP contribution in [0, 0.1) is 10.1 Å². The van der Waals surface area contributed by atoms with Gasteiger partial charge in [-0.1, -0.05) is 42.5 Å². The standard InChI is InChI=1S/C17H14BrN3O4/c18-14(10-13-6-2-1-3-7-13)11-19-20-17(22)12-25-16-9-5-4-8-15(16)21(23)24/h1-11H,12H2,(H,20,22). The van der Waals surface area contributed by atoms with Gasteiger partial charge in [0.05, 0.1) is 11.1 Å². The van der Waals surface area contributed by atoms with Gasteiger partial charge in [-0.3, -0.25) is 14.9 Å². The number of ether oxygens (including phenoxy) is 1. The lowest BCUT2D eigenvalue weighted by Crippen LogP contribution is -2.24. The number of nitro benzene ring substituents is 1. The van der Waals surface area contributed by atoms with Gasteiger partial charge in [0.15, 0.2) is 12.4 Å². The summed E-state index contributed by atoms with van der Waals surface area (Å²) in [5.74, 6) is -0.508. The Bertz CT molecular complexity index is 807. The lowest BCUT2D eigenvalue weighted by atomic mass is 10.2. The van der Waals surface area contributed by atoms with E-state index in [2.05, 4.69) is 26.5 Å². The minimum atomic E-state index is -0.573. The zero-order valence-corrected chi connectivity index (χ0v) is 14.5. The van der Waals surface area contributed by atoms with Crippen molar-refractivity contribution in [3.8, 4) is 5.75 Å². The monoisotopic (exact) mass is 403 g/mol. The molecule has 0 radical (unpaired) electrons. The van der Waals surface area contributed by atoms with E-state index in [1.807, 2.05) is 36.4 Å². The smallest absolute Gasteiger partial charge is 0.310 e. The summed E-state index contributed by atoms with van der Waals surface area (Å²) in [4.78, 5) is 22.0. The molecule has 0 aliphatic rings. The van der Waals surface area contributed by atoms with Crippen molar-refractivity contribution < 1.29 is 14.5 Å². The first-order valence-electron chi connectivity index (χ1n) is 7.16. The topological polar surface area (TPSA) is 93.8 Å². The molecule has 128 valence electrons. The van der Waals surface area contributed by atoms with E-state index in [9.17, 15) is 14.9 Å². The van der Waals surface area contributed by atoms with Gasteiger partial charge >= 0.3 is 5.69 Å². The maximum atomic E-state index is 11.7. The number of rotatable bonds is 7. The number of hydrogen-bond donors (Lipinski definition) is 1. The lowest BCUT2D eigenvalue weighted by Gasteiger charge is -2.05. The number of nitrogens with one attached hydrogen (secondary N) is 1. The molecular weight excluding hydrogens is 390 g/mol. The Morgan fingerprint density at radius 1 is 1.20 bits per heavy atom. The Morgan fingerprint density at radius 3 is 2.60 bits per heavy atom. The van der Waals surface area contributed by atoms with E-state index in [0.717, 1.165) is 5.56 Å². The first-order valence-corrected chi connectivity index (χ1v) is 7.96. The number of hydrazone groups is 1. The second-order valence-electron chi connectivity index (χ2n) is 4.75. The average molecular weight is 404 g/mol. The summed E-state index contributed by atoms with van der Waals surface area (Å²) in [5, 5.41) is 14.6. The fourth-order valence-electron chi connectivity index (χ4n) is 1.82. The number of hydrogen-bond acceptors (Lipinski definition) is 5. The van der Waals surface area contributed by atoms with Crippen LogP contribution in [-0.2, 0) is 4.79 Å². The predicted octanol–water partition coefficient (Wildman–Crippen LogP) is 3.51. The summed E-state index contributed by atoms with van der Waals surface area (Å²) in [5.41, 5.74) is 3.06. The van der Waals surface area contributed by atoms with Crippen LogP contribution in [0.15, 0.2) is 64.2 Å². The number of nitrogens with zero attached hydrogens (tertiary/aromatic N) is 2. The molecule has 1 amide bonds. The first kappa shape index (κ1) is 18.3. The van der Waals surface area contributed by atoms with Crippen molar-refractivity contribution >= 4 is 39.8 Å². The largest absolute Gasteiger partial charge is 0.477 e. The number of benzene rings is 2. The maximum absolute atomic E-state index is 11.7. The molecule has 0 fully saturated rings. The number of allylic oxidation sites excluding steroid dienone is 1. The molecule has 2 rings (SSSR count). The van der Waals surface area contributed by atoms with E-state index in [1.54, 1.807) is 6.07 Å². The molecule has 0 aromatic heterocycles. The summed E-state index contributed by atoms with van der Waals surface area (Å²) >= 11 is 3.32. The molecule has 25 heavy (non-hydrogen) atoms. The van der Waals surface area contributed by atoms with Crippen LogP contribution in [0.1, 0.15) is 5.56 Å². The van der Waals surface area contributed by atoms with Crippen LogP contribution in [0.4, 0.5) is 5.69 Å². The highest BCUT2D eigenvalue weighted by Crippen LogP contribution is 2.25. The molecule has 0 aliphatic heterocycles. The maximum Gasteiger partial charge on any atom is 0.310 e. The highest BCUT2D eigenvalue weighted by atomic mass is 79.9. The van der Waals surface area contributed by atoms with Crippen molar-refractivity contribution in [1.82, 2.24) is 5.43 Å². The summed E-state index contributed by atoms with van der Waals surface area (Å²) in [6.45, 7) is -0.387. The summed E-state index contributed by atoms with van der Waals surface area (Å²) < 4.78 is 5.82. The van der Waals surface area contributed by atoms with Crippen molar-refractivity contribution in [2.24, 2.45) is 5.10 Å². The zero-order chi connectivity index (χ0) is 18.1. The van der Waals surface area contributed by atoms with Crippen LogP contribution < -0.4 is 10.2 Å². The molecule has 0 unspecified atom stereocenters. The SMILES string of the molecule is O=C(COc1ccccc1[N+](=O)[O-])NN=CC(Br)=Cc1ccccc1. The lowest BCUT2D eigenvalue weighted by molar-refractivity contribution is -0.385. The van der Waals surface area contributed by atoms with Crippen LogP contribution in [0.3, 0.4) is 0 Å². The molecule has 2 aromatic carbocycles. The molecule has 0 saturated heterocycles. The van der Waals surface area contributed by atoms with Gasteiger partial charge in [0.1, 0.15) is 0 Å². The number of para-hydroxylation sites is 2. The van der Waals surface area contributed by atoms with Gasteiger partial charge in [-0.15, -0.1) is 0 Å². The van der Waals surface area contributed by atoms with Crippen molar-refractivity contribution in [2.75, 3.05) is 6.61 Å². The predicted molar refractivity (Wildman–Crippen MR) is 98.6 cm³/mol. The number of amides is 1. The second-order valence-corrected chi connectivity index (χ2v) is 5.66. The molecule has 0 spiro atoms. The van der Waals surface area contributed by atoms with Gasteiger partial charge in [0, 0.05) is 10.5 Å². The van der Waals surface area contributed by atoms with Gasteiger partial charge < -0.3 is 4.74 Å². The molecule has 2 aromatic rings. The number of nitro groups is 1. The van der Waals surface area contributed by atoms with E-state index in [0.29, 0.717) is 4.48 Å². The Hall–Kier alpha value is -3.00. The quantitative estimate of drug-likeness (QED) is 0.434. The third-order valence-corrected chi connectivity index (χ3v) is 3.34. The minimum absolute atomic E-state index is 0.0248. The first-order chi connectivity index (χ1) is 12.1. The number of carbonyl (C=O) groups excluding carboxylic acids is 1. The van der Waals surface area contributed by atoms with E-state index in [4.69, 9.17) is 4.74 Å². The van der Waals surface area contributed by atoms with Crippen molar-refractivity contribution in [3.63, 3.8) is 0 Å². The summed E-state index contributed by atoms with van der Waals surface area (Å²) in [6, 6.07) is 15.4. The van der Waals surface area contributed by atoms with Crippen LogP contribution in [0.5, 0.6) is 5.75 Å². The summed E-state index contributed by atoms with van der Waals surface area (Å²) in [7, 11) is 0. The Balaban J connectivity index is 1.85. The normalized spacial score (nSPS) is 11.3. The minimum Gasteiger partial charge on any atom is -0.477 e. The van der Waals surface area contributed by atoms with Crippen LogP contribution in [0.25, 0.3) is 6.08 Å². The molecule has 1 N–H and O–H groups in total. The summed E-state index contributed by atoms with van der Waals surface area (Å²) in [6.07, 6.45) is 3.26. The second kappa shape index (κ2) is 9.33. The van der Waals surface area contributed by atoms with Crippen molar-refractivity contribution in [3.05, 3.63) is 74.8 Å². The van der Waals surface area contributed by atoms with Gasteiger partial charge in [-0.25, -0.2) is 5.43 Å². The third-order valence-electron chi connectivity index (χ3n) is 2.90. The van der Waals surface area contributed by atoms with E-state index in [1.165, 1.54) is 24.4 Å². The Kier molecular flexibility index (Phi) is 6.85. The van der Waals surface area contributed by atoms with Crippen LogP contribution in [-0.4, -0.2) is 23.7 Å². The molecule has 8 heteroatoms. The fourth-order valence-corrected chi connectivity index (χ4v) is 2.18. The molecule has 0 heterocycles. The molecule has 0 bridgehead atoms. The van der Waals surface area contributed by atoms with E-state index in [-0.39, 0.29) is 18.0 Å². The Labute approximate surface area is 152 Å². The fraction of sp³-hybridized carbons (Fsp3) is 0.0588. The number of carbonyl (C=O) groups is 1. The van der Waals surface area contributed by atoms with Crippen molar-refractivity contribution in [1.29, 1.82) is 0 Å². The molecule has 0 atom stereocenters. The van der Waals surface area contributed by atoms with Gasteiger partial charge in [0.25, 0.3) is 5.91 Å². The van der Waals surface area contributed by atoms with E-state index >= 15 is 0 Å². The third kappa shape index (κ3) is 6.19. The number of halogens is 1. The van der Waals surface area contributed by atoms with Gasteiger partial charge in [-0.2, -0.15) is 5.10 Å². The van der Waals surface area contributed by atoms with E-state index < -0.39 is 10.8 Å². The van der Waals surface area contributed by atoms with Crippen LogP contribution in [0.2, 0.25) is 0 Å². The van der Waals surface area contributed by atoms with Crippen LogP contribution >= 0.6 is 15.9 Å². The Morgan fingerprint density at radius 2 is 1.88 bits per heavy atom. The van der Waals surface area contributed by atoms with Gasteiger partial charge in [0.2, 0.25) is 0 Å². The van der Waals surface area contributed by atoms with Crippen molar-refractivity contribution in [2.45, 2.75) is 0 Å². The highest BCUT2D eigenvalue weighted by Gasteiger charge is 2.14. The molecule has 0 saturated carbocycles. The molecular formula is C17H14BrN3O4. The van der Waals surface area contributed by atoms with Gasteiger partial charge in [-0.05, 0) is 33.6 Å². The molecule has 7 nitrogen and oxygen atoms in total. The molecule has 0 aliphatic carbocycles. The zero-order valence-electron chi connectivity index (χ0n) is 13.0. The highest BCUT2D eigenvalue weighted by molar-refractivity contribution is 9.12. The average Bonchev–Trinajstić information content (AvgIpc) is 2.61.